The number of hydrogen-bond acceptors (Lipinski definition) is 1. The van der Waals surface area contributed by atoms with E-state index in [1.165, 1.54) is 36.5 Å². The quantitative estimate of drug-likeness (QED) is 0.574. The van der Waals surface area contributed by atoms with Gasteiger partial charge in [-0.25, -0.2) is 0 Å². The van der Waals surface area contributed by atoms with Crippen molar-refractivity contribution < 1.29 is 4.74 Å². The Morgan fingerprint density at radius 2 is 1.53 bits per heavy atom. The lowest BCUT2D eigenvalue weighted by Crippen LogP contribution is -1.97. The summed E-state index contributed by atoms with van der Waals surface area (Å²) in [5.74, 6) is 1.01. The van der Waals surface area contributed by atoms with Crippen molar-refractivity contribution in [2.75, 3.05) is 6.61 Å². The fourth-order valence-corrected chi connectivity index (χ4v) is 2.31. The van der Waals surface area contributed by atoms with Gasteiger partial charge in [-0.1, -0.05) is 75.4 Å². The maximum Gasteiger partial charge on any atom is 0.127 e. The first-order chi connectivity index (χ1) is 9.42. The van der Waals surface area contributed by atoms with Gasteiger partial charge in [0.2, 0.25) is 0 Å². The Kier molecular flexibility index (Phi) is 5.74. The Morgan fingerprint density at radius 1 is 0.789 bits per heavy atom. The average molecular weight is 255 g/mol. The Hall–Kier alpha value is -1.50. The number of ether oxygens (including phenoxy) is 1. The van der Waals surface area contributed by atoms with E-state index in [1.807, 2.05) is 0 Å². The van der Waals surface area contributed by atoms with Gasteiger partial charge >= 0.3 is 0 Å². The lowest BCUT2D eigenvalue weighted by molar-refractivity contribution is 0.308. The van der Waals surface area contributed by atoms with E-state index in [2.05, 4.69) is 49.4 Å². The predicted molar refractivity (Wildman–Crippen MR) is 82.5 cm³/mol. The monoisotopic (exact) mass is 255 g/mol. The van der Waals surface area contributed by atoms with E-state index < -0.39 is 0 Å². The Balaban J connectivity index is 1.78. The van der Waals surface area contributed by atoms with Gasteiger partial charge in [0.1, 0.15) is 5.75 Å². The third-order valence-corrected chi connectivity index (χ3v) is 3.40. The van der Waals surface area contributed by atoms with Crippen molar-refractivity contribution >= 4 is 10.8 Å². The number of hydrogen-bond donors (Lipinski definition) is 0. The molecule has 0 saturated carbocycles. The minimum atomic E-state index is 0.818. The summed E-state index contributed by atoms with van der Waals surface area (Å²) in [6.45, 7) is 4.68. The van der Waals surface area contributed by atoms with E-state index in [-0.39, 0.29) is 0 Å². The standard InChI is InChI=1S/C18H23O/c1-2-3-4-5-6-9-15-19-18-14-10-12-16-11-7-8-13-17(16)18/h7-8,10-14H,1-6,9,15H2. The van der Waals surface area contributed by atoms with Crippen LogP contribution in [0.3, 0.4) is 0 Å². The van der Waals surface area contributed by atoms with Crippen LogP contribution in [0.1, 0.15) is 38.5 Å². The van der Waals surface area contributed by atoms with Crippen LogP contribution in [0.25, 0.3) is 10.8 Å². The molecule has 2 aromatic rings. The van der Waals surface area contributed by atoms with Crippen molar-refractivity contribution in [1.82, 2.24) is 0 Å². The molecule has 0 amide bonds. The lowest BCUT2D eigenvalue weighted by Gasteiger charge is -2.09. The number of fused-ring (bicyclic) bond motifs is 1. The Morgan fingerprint density at radius 3 is 2.42 bits per heavy atom. The summed E-state index contributed by atoms with van der Waals surface area (Å²) in [5, 5.41) is 2.46. The summed E-state index contributed by atoms with van der Waals surface area (Å²) in [6, 6.07) is 14.6. The first kappa shape index (κ1) is 13.9. The zero-order chi connectivity index (χ0) is 13.3. The van der Waals surface area contributed by atoms with Crippen LogP contribution >= 0.6 is 0 Å². The van der Waals surface area contributed by atoms with Gasteiger partial charge in [0.15, 0.2) is 0 Å². The molecule has 1 heteroatoms. The molecule has 0 unspecified atom stereocenters. The van der Waals surface area contributed by atoms with Crippen LogP contribution in [0.15, 0.2) is 42.5 Å². The summed E-state index contributed by atoms with van der Waals surface area (Å²) in [6.07, 6.45) is 7.31. The van der Waals surface area contributed by atoms with E-state index in [0.29, 0.717) is 0 Å². The molecule has 0 fully saturated rings. The average Bonchev–Trinajstić information content (AvgIpc) is 2.46. The molecule has 0 aromatic heterocycles. The molecule has 2 rings (SSSR count). The zero-order valence-electron chi connectivity index (χ0n) is 11.6. The van der Waals surface area contributed by atoms with E-state index in [9.17, 15) is 0 Å². The van der Waals surface area contributed by atoms with Crippen LogP contribution in [0, 0.1) is 6.92 Å². The van der Waals surface area contributed by atoms with Crippen LogP contribution in [-0.4, -0.2) is 6.61 Å². The molecule has 0 saturated heterocycles. The lowest BCUT2D eigenvalue weighted by atomic mass is 10.1. The molecular weight excluding hydrogens is 232 g/mol. The molecule has 1 radical (unpaired) electrons. The maximum absolute atomic E-state index is 5.91. The first-order valence-electron chi connectivity index (χ1n) is 7.31. The van der Waals surface area contributed by atoms with Gasteiger partial charge in [-0.15, -0.1) is 0 Å². The summed E-state index contributed by atoms with van der Waals surface area (Å²) >= 11 is 0. The molecule has 0 atom stereocenters. The fraction of sp³-hybridized carbons (Fsp3) is 0.389. The zero-order valence-corrected chi connectivity index (χ0v) is 11.6. The molecule has 0 bridgehead atoms. The van der Waals surface area contributed by atoms with Crippen molar-refractivity contribution in [3.8, 4) is 5.75 Å². The predicted octanol–water partition coefficient (Wildman–Crippen LogP) is 5.39. The molecule has 0 aliphatic rings. The molecule has 0 spiro atoms. The third-order valence-electron chi connectivity index (χ3n) is 3.40. The second-order valence-corrected chi connectivity index (χ2v) is 4.95. The summed E-state index contributed by atoms with van der Waals surface area (Å²) in [4.78, 5) is 0. The van der Waals surface area contributed by atoms with Gasteiger partial charge in [0, 0.05) is 5.39 Å². The molecule has 0 aliphatic heterocycles. The molecule has 1 nitrogen and oxygen atoms in total. The summed E-state index contributed by atoms with van der Waals surface area (Å²) < 4.78 is 5.91. The van der Waals surface area contributed by atoms with Gasteiger partial charge in [-0.05, 0) is 17.9 Å². The normalized spacial score (nSPS) is 10.8. The molecular formula is C18H23O. The molecule has 0 N–H and O–H groups in total. The second kappa shape index (κ2) is 7.83. The molecule has 0 aliphatic carbocycles. The van der Waals surface area contributed by atoms with Crippen LogP contribution in [0.5, 0.6) is 5.75 Å². The van der Waals surface area contributed by atoms with Gasteiger partial charge in [0.25, 0.3) is 0 Å². The van der Waals surface area contributed by atoms with Crippen LogP contribution in [0.4, 0.5) is 0 Å². The second-order valence-electron chi connectivity index (χ2n) is 4.95. The fourth-order valence-electron chi connectivity index (χ4n) is 2.31. The SMILES string of the molecule is [CH2]CCCCCCCOc1cccc2ccccc12. The van der Waals surface area contributed by atoms with Crippen molar-refractivity contribution in [3.63, 3.8) is 0 Å². The smallest absolute Gasteiger partial charge is 0.127 e. The Bertz CT molecular complexity index is 485. The minimum Gasteiger partial charge on any atom is -0.493 e. The first-order valence-corrected chi connectivity index (χ1v) is 7.31. The van der Waals surface area contributed by atoms with Crippen LogP contribution in [-0.2, 0) is 0 Å². The van der Waals surface area contributed by atoms with Gasteiger partial charge < -0.3 is 4.74 Å². The van der Waals surface area contributed by atoms with E-state index in [0.717, 1.165) is 25.2 Å². The van der Waals surface area contributed by atoms with Gasteiger partial charge in [-0.3, -0.25) is 0 Å². The van der Waals surface area contributed by atoms with Gasteiger partial charge in [-0.2, -0.15) is 0 Å². The molecule has 2 aromatic carbocycles. The van der Waals surface area contributed by atoms with Crippen molar-refractivity contribution in [2.45, 2.75) is 38.5 Å². The van der Waals surface area contributed by atoms with E-state index >= 15 is 0 Å². The highest BCUT2D eigenvalue weighted by Gasteiger charge is 2.00. The van der Waals surface area contributed by atoms with Gasteiger partial charge in [0.05, 0.1) is 6.61 Å². The van der Waals surface area contributed by atoms with Crippen molar-refractivity contribution in [3.05, 3.63) is 49.4 Å². The number of rotatable bonds is 8. The van der Waals surface area contributed by atoms with Crippen molar-refractivity contribution in [1.29, 1.82) is 0 Å². The largest absolute Gasteiger partial charge is 0.493 e. The highest BCUT2D eigenvalue weighted by Crippen LogP contribution is 2.25. The summed E-state index contributed by atoms with van der Waals surface area (Å²) in [5.41, 5.74) is 0. The third kappa shape index (κ3) is 4.27. The summed E-state index contributed by atoms with van der Waals surface area (Å²) in [7, 11) is 0. The molecule has 19 heavy (non-hydrogen) atoms. The van der Waals surface area contributed by atoms with Crippen molar-refractivity contribution in [2.24, 2.45) is 0 Å². The van der Waals surface area contributed by atoms with Crippen LogP contribution < -0.4 is 4.74 Å². The highest BCUT2D eigenvalue weighted by atomic mass is 16.5. The minimum absolute atomic E-state index is 0.818. The molecule has 101 valence electrons. The highest BCUT2D eigenvalue weighted by molar-refractivity contribution is 5.88. The number of benzene rings is 2. The maximum atomic E-state index is 5.91. The Labute approximate surface area is 116 Å². The number of unbranched alkanes of at least 4 members (excludes halogenated alkanes) is 5. The van der Waals surface area contributed by atoms with Crippen LogP contribution in [0.2, 0.25) is 0 Å². The van der Waals surface area contributed by atoms with E-state index in [4.69, 9.17) is 4.74 Å². The van der Waals surface area contributed by atoms with E-state index in [1.54, 1.807) is 0 Å². The molecule has 0 heterocycles. The topological polar surface area (TPSA) is 9.23 Å².